The number of pyridine rings is 1. The number of aromatic nitrogens is 1. The lowest BCUT2D eigenvalue weighted by molar-refractivity contribution is -0.140. The van der Waals surface area contributed by atoms with Gasteiger partial charge in [0, 0.05) is 24.5 Å². The average molecular weight is 499 g/mol. The molecule has 1 saturated heterocycles. The number of carbonyl (C=O) groups is 2. The molecule has 174 valence electrons. The maximum Gasteiger partial charge on any atom is 0.295 e. The highest BCUT2D eigenvalue weighted by Crippen LogP contribution is 2.43. The van der Waals surface area contributed by atoms with Crippen LogP contribution in [0.15, 0.2) is 66.5 Å². The largest absolute Gasteiger partial charge is 0.507 e. The topological polar surface area (TPSA) is 89.0 Å². The molecule has 1 fully saturated rings. The van der Waals surface area contributed by atoms with E-state index in [1.54, 1.807) is 48.8 Å². The molecule has 1 aliphatic heterocycles. The summed E-state index contributed by atoms with van der Waals surface area (Å²) in [6.07, 6.45) is 3.24. The second kappa shape index (κ2) is 9.75. The van der Waals surface area contributed by atoms with Gasteiger partial charge in [-0.15, -0.1) is 0 Å². The number of methoxy groups -OCH3 is 2. The first-order valence-corrected chi connectivity index (χ1v) is 11.0. The van der Waals surface area contributed by atoms with Gasteiger partial charge >= 0.3 is 0 Å². The molecule has 2 aromatic carbocycles. The third-order valence-electron chi connectivity index (χ3n) is 5.50. The van der Waals surface area contributed by atoms with Crippen molar-refractivity contribution in [2.24, 2.45) is 0 Å². The summed E-state index contributed by atoms with van der Waals surface area (Å²) in [5.74, 6) is -1.19. The highest BCUT2D eigenvalue weighted by atomic mass is 35.5. The number of amides is 1. The fourth-order valence-electron chi connectivity index (χ4n) is 3.94. The van der Waals surface area contributed by atoms with Crippen molar-refractivity contribution < 1.29 is 24.2 Å². The number of Topliss-reactive ketones (excluding diaryl/α,β-unsaturated/α-hetero) is 1. The lowest BCUT2D eigenvalue weighted by Gasteiger charge is -2.25. The standard InChI is InChI=1S/C25H20Cl2N2O5/c1-33-17-7-3-6-15(9-17)21-20(22(30)16-10-18(26)24(34-2)19(27)11-16)23(31)25(32)29(21)13-14-5-4-8-28-12-14/h3-12,21,30H,13H2,1-2H3/b22-20+. The average Bonchev–Trinajstić information content (AvgIpc) is 3.09. The molecule has 0 radical (unpaired) electrons. The van der Waals surface area contributed by atoms with Crippen molar-refractivity contribution in [3.8, 4) is 11.5 Å². The number of ketones is 1. The highest BCUT2D eigenvalue weighted by Gasteiger charge is 2.46. The summed E-state index contributed by atoms with van der Waals surface area (Å²) < 4.78 is 10.5. The monoisotopic (exact) mass is 498 g/mol. The van der Waals surface area contributed by atoms with Gasteiger partial charge in [-0.1, -0.05) is 41.4 Å². The summed E-state index contributed by atoms with van der Waals surface area (Å²) in [6.45, 7) is 0.112. The minimum atomic E-state index is -0.880. The van der Waals surface area contributed by atoms with Crippen LogP contribution in [0.25, 0.3) is 5.76 Å². The number of aliphatic hydroxyl groups excluding tert-OH is 1. The molecule has 0 aliphatic carbocycles. The first-order chi connectivity index (χ1) is 16.3. The number of hydrogen-bond donors (Lipinski definition) is 1. The van der Waals surface area contributed by atoms with Gasteiger partial charge in [-0.05, 0) is 41.5 Å². The third-order valence-corrected chi connectivity index (χ3v) is 6.06. The van der Waals surface area contributed by atoms with Gasteiger partial charge in [0.2, 0.25) is 0 Å². The van der Waals surface area contributed by atoms with Crippen molar-refractivity contribution in [3.63, 3.8) is 0 Å². The Kier molecular flexibility index (Phi) is 6.77. The van der Waals surface area contributed by atoms with Crippen LogP contribution in [0, 0.1) is 0 Å². The van der Waals surface area contributed by atoms with Gasteiger partial charge in [-0.2, -0.15) is 0 Å². The molecule has 4 rings (SSSR count). The predicted octanol–water partition coefficient (Wildman–Crippen LogP) is 5.03. The zero-order valence-corrected chi connectivity index (χ0v) is 19.8. The van der Waals surface area contributed by atoms with Gasteiger partial charge in [0.1, 0.15) is 11.5 Å². The van der Waals surface area contributed by atoms with Crippen LogP contribution < -0.4 is 9.47 Å². The minimum absolute atomic E-state index is 0.0838. The predicted molar refractivity (Wildman–Crippen MR) is 128 cm³/mol. The normalized spacial score (nSPS) is 17.2. The Morgan fingerprint density at radius 2 is 1.79 bits per heavy atom. The molecule has 34 heavy (non-hydrogen) atoms. The van der Waals surface area contributed by atoms with Crippen LogP contribution in [0.5, 0.6) is 11.5 Å². The van der Waals surface area contributed by atoms with Crippen LogP contribution in [0.2, 0.25) is 10.0 Å². The van der Waals surface area contributed by atoms with Crippen LogP contribution in [0.4, 0.5) is 0 Å². The van der Waals surface area contributed by atoms with E-state index in [1.807, 2.05) is 0 Å². The maximum atomic E-state index is 13.2. The lowest BCUT2D eigenvalue weighted by Crippen LogP contribution is -2.29. The van der Waals surface area contributed by atoms with E-state index in [2.05, 4.69) is 4.98 Å². The van der Waals surface area contributed by atoms with E-state index in [-0.39, 0.29) is 33.5 Å². The summed E-state index contributed by atoms with van der Waals surface area (Å²) in [7, 11) is 2.94. The van der Waals surface area contributed by atoms with Gasteiger partial charge in [-0.25, -0.2) is 0 Å². The summed E-state index contributed by atoms with van der Waals surface area (Å²) in [5.41, 5.74) is 1.42. The van der Waals surface area contributed by atoms with E-state index in [9.17, 15) is 14.7 Å². The molecule has 2 heterocycles. The summed E-state index contributed by atoms with van der Waals surface area (Å²) in [6, 6.07) is 12.5. The molecule has 0 spiro atoms. The number of hydrogen-bond acceptors (Lipinski definition) is 6. The van der Waals surface area contributed by atoms with Crippen LogP contribution in [-0.2, 0) is 16.1 Å². The number of carbonyl (C=O) groups excluding carboxylic acids is 2. The molecule has 0 saturated carbocycles. The first kappa shape index (κ1) is 23.6. The number of rotatable bonds is 6. The number of ether oxygens (including phenoxy) is 2. The smallest absolute Gasteiger partial charge is 0.295 e. The molecule has 1 unspecified atom stereocenters. The van der Waals surface area contributed by atoms with Gasteiger partial charge in [0.15, 0.2) is 5.75 Å². The van der Waals surface area contributed by atoms with Crippen molar-refractivity contribution in [1.29, 1.82) is 0 Å². The highest BCUT2D eigenvalue weighted by molar-refractivity contribution is 6.46. The van der Waals surface area contributed by atoms with Crippen LogP contribution in [0.1, 0.15) is 22.7 Å². The van der Waals surface area contributed by atoms with Crippen molar-refractivity contribution in [2.45, 2.75) is 12.6 Å². The summed E-state index contributed by atoms with van der Waals surface area (Å²) >= 11 is 12.5. The minimum Gasteiger partial charge on any atom is -0.507 e. The number of benzene rings is 2. The Labute approximate surface area is 206 Å². The van der Waals surface area contributed by atoms with E-state index < -0.39 is 23.5 Å². The first-order valence-electron chi connectivity index (χ1n) is 10.2. The Morgan fingerprint density at radius 1 is 1.06 bits per heavy atom. The van der Waals surface area contributed by atoms with Gasteiger partial charge in [-0.3, -0.25) is 14.6 Å². The van der Waals surface area contributed by atoms with E-state index in [0.29, 0.717) is 11.3 Å². The lowest BCUT2D eigenvalue weighted by atomic mass is 9.95. The molecular weight excluding hydrogens is 479 g/mol. The quantitative estimate of drug-likeness (QED) is 0.291. The molecule has 7 nitrogen and oxygen atoms in total. The SMILES string of the molecule is COc1cccc(C2/C(=C(\O)c3cc(Cl)c(OC)c(Cl)c3)C(=O)C(=O)N2Cc2cccnc2)c1. The summed E-state index contributed by atoms with van der Waals surface area (Å²) in [4.78, 5) is 31.8. The second-order valence-corrected chi connectivity index (χ2v) is 8.35. The molecule has 1 atom stereocenters. The van der Waals surface area contributed by atoms with Crippen molar-refractivity contribution >= 4 is 40.7 Å². The molecule has 1 amide bonds. The van der Waals surface area contributed by atoms with Gasteiger partial charge in [0.05, 0.1) is 35.9 Å². The molecular formula is C25H20Cl2N2O5. The van der Waals surface area contributed by atoms with E-state index in [1.165, 1.54) is 31.3 Å². The molecule has 1 aliphatic rings. The molecule has 3 aromatic rings. The Hall–Kier alpha value is -3.55. The molecule has 1 N–H and O–H groups in total. The Balaban J connectivity index is 1.90. The molecule has 9 heteroatoms. The van der Waals surface area contributed by atoms with E-state index >= 15 is 0 Å². The van der Waals surface area contributed by atoms with Crippen molar-refractivity contribution in [1.82, 2.24) is 9.88 Å². The third kappa shape index (κ3) is 4.32. The number of likely N-dealkylation sites (tertiary alicyclic amines) is 1. The van der Waals surface area contributed by atoms with Gasteiger partial charge < -0.3 is 19.5 Å². The number of nitrogens with zero attached hydrogens (tertiary/aromatic N) is 2. The van der Waals surface area contributed by atoms with E-state index in [0.717, 1.165) is 5.56 Å². The van der Waals surface area contributed by atoms with Crippen molar-refractivity contribution in [2.75, 3.05) is 14.2 Å². The fourth-order valence-corrected chi connectivity index (χ4v) is 4.58. The zero-order valence-electron chi connectivity index (χ0n) is 18.3. The molecule has 1 aromatic heterocycles. The van der Waals surface area contributed by atoms with E-state index in [4.69, 9.17) is 32.7 Å². The molecule has 0 bridgehead atoms. The maximum absolute atomic E-state index is 13.2. The van der Waals surface area contributed by atoms with Crippen LogP contribution in [0.3, 0.4) is 0 Å². The summed E-state index contributed by atoms with van der Waals surface area (Å²) in [5, 5.41) is 11.5. The Bertz CT molecular complexity index is 1270. The Morgan fingerprint density at radius 3 is 2.41 bits per heavy atom. The number of aliphatic hydroxyl groups is 1. The van der Waals surface area contributed by atoms with Crippen LogP contribution >= 0.6 is 23.2 Å². The van der Waals surface area contributed by atoms with Crippen LogP contribution in [-0.4, -0.2) is 40.9 Å². The van der Waals surface area contributed by atoms with Gasteiger partial charge in [0.25, 0.3) is 11.7 Å². The van der Waals surface area contributed by atoms with Crippen molar-refractivity contribution in [3.05, 3.63) is 93.2 Å². The second-order valence-electron chi connectivity index (χ2n) is 7.54. The number of halogens is 2. The fraction of sp³-hybridized carbons (Fsp3) is 0.160. The zero-order chi connectivity index (χ0) is 24.4.